The van der Waals surface area contributed by atoms with Crippen molar-refractivity contribution in [3.8, 4) is 11.4 Å². The SMILES string of the molecule is COc1ccc(-n2nc3c(N4CCC(C(=O)NCc5ccc(C)cc5)CC4)nnc(C)c3c2C)cc1. The lowest BCUT2D eigenvalue weighted by atomic mass is 9.95. The van der Waals surface area contributed by atoms with Gasteiger partial charge in [0.25, 0.3) is 0 Å². The Morgan fingerprint density at radius 2 is 1.69 bits per heavy atom. The summed E-state index contributed by atoms with van der Waals surface area (Å²) >= 11 is 0. The topological polar surface area (TPSA) is 85.2 Å². The van der Waals surface area contributed by atoms with E-state index in [4.69, 9.17) is 9.84 Å². The average molecular weight is 485 g/mol. The minimum Gasteiger partial charge on any atom is -0.497 e. The maximum Gasteiger partial charge on any atom is 0.223 e. The molecule has 8 nitrogen and oxygen atoms in total. The molecule has 2 aromatic heterocycles. The molecule has 186 valence electrons. The maximum atomic E-state index is 12.8. The van der Waals surface area contributed by atoms with Crippen molar-refractivity contribution in [1.82, 2.24) is 25.3 Å². The van der Waals surface area contributed by atoms with Crippen LogP contribution in [-0.4, -0.2) is 46.1 Å². The zero-order valence-corrected chi connectivity index (χ0v) is 21.3. The lowest BCUT2D eigenvalue weighted by Gasteiger charge is -2.32. The molecule has 1 N–H and O–H groups in total. The number of nitrogens with one attached hydrogen (secondary N) is 1. The minimum absolute atomic E-state index is 0.000751. The Hall–Kier alpha value is -3.94. The number of amides is 1. The lowest BCUT2D eigenvalue weighted by molar-refractivity contribution is -0.125. The number of rotatable bonds is 6. The van der Waals surface area contributed by atoms with Crippen LogP contribution in [0.5, 0.6) is 5.75 Å². The van der Waals surface area contributed by atoms with E-state index in [9.17, 15) is 4.79 Å². The van der Waals surface area contributed by atoms with Crippen LogP contribution in [-0.2, 0) is 11.3 Å². The van der Waals surface area contributed by atoms with Gasteiger partial charge in [0.1, 0.15) is 11.3 Å². The molecule has 1 fully saturated rings. The summed E-state index contributed by atoms with van der Waals surface area (Å²) in [5.41, 5.74) is 6.02. The van der Waals surface area contributed by atoms with Gasteiger partial charge in [-0.05, 0) is 63.4 Å². The highest BCUT2D eigenvalue weighted by Crippen LogP contribution is 2.31. The summed E-state index contributed by atoms with van der Waals surface area (Å²) in [5, 5.41) is 18.1. The summed E-state index contributed by atoms with van der Waals surface area (Å²) in [6, 6.07) is 16.1. The normalized spacial score (nSPS) is 14.3. The van der Waals surface area contributed by atoms with Crippen LogP contribution in [0.4, 0.5) is 5.82 Å². The van der Waals surface area contributed by atoms with Crippen molar-refractivity contribution in [3.63, 3.8) is 0 Å². The molecular weight excluding hydrogens is 452 g/mol. The van der Waals surface area contributed by atoms with E-state index < -0.39 is 0 Å². The predicted molar refractivity (Wildman–Crippen MR) is 141 cm³/mol. The molecule has 4 aromatic rings. The molecule has 8 heteroatoms. The zero-order chi connectivity index (χ0) is 25.2. The molecule has 0 aliphatic carbocycles. The smallest absolute Gasteiger partial charge is 0.223 e. The third kappa shape index (κ3) is 4.63. The maximum absolute atomic E-state index is 12.8. The number of aromatic nitrogens is 4. The van der Waals surface area contributed by atoms with Gasteiger partial charge in [-0.15, -0.1) is 5.10 Å². The molecule has 36 heavy (non-hydrogen) atoms. The van der Waals surface area contributed by atoms with Gasteiger partial charge in [-0.2, -0.15) is 10.2 Å². The predicted octanol–water partition coefficient (Wildman–Crippen LogP) is 4.28. The standard InChI is InChI=1S/C28H32N6O2/c1-18-5-7-21(8-6-18)17-29-28(35)22-13-15-33(16-14-22)27-26-25(19(2)30-31-27)20(3)34(32-26)23-9-11-24(36-4)12-10-23/h5-12,22H,13-17H2,1-4H3,(H,29,35). The molecule has 5 rings (SSSR count). The van der Waals surface area contributed by atoms with E-state index in [0.29, 0.717) is 6.54 Å². The first-order valence-corrected chi connectivity index (χ1v) is 12.4. The van der Waals surface area contributed by atoms with Crippen molar-refractivity contribution in [1.29, 1.82) is 0 Å². The molecule has 1 aliphatic heterocycles. The number of methoxy groups -OCH3 is 1. The second kappa shape index (κ2) is 9.97. The average Bonchev–Trinajstić information content (AvgIpc) is 3.26. The third-order valence-corrected chi connectivity index (χ3v) is 7.05. The number of ether oxygens (including phenoxy) is 1. The first-order valence-electron chi connectivity index (χ1n) is 12.4. The van der Waals surface area contributed by atoms with Crippen LogP contribution in [0, 0.1) is 26.7 Å². The Kier molecular flexibility index (Phi) is 6.59. The fourth-order valence-electron chi connectivity index (χ4n) is 4.89. The molecule has 1 amide bonds. The molecule has 1 aliphatic rings. The van der Waals surface area contributed by atoms with Gasteiger partial charge in [0.2, 0.25) is 5.91 Å². The van der Waals surface area contributed by atoms with Gasteiger partial charge in [0.15, 0.2) is 5.82 Å². The fraction of sp³-hybridized carbons (Fsp3) is 0.357. The number of hydrogen-bond donors (Lipinski definition) is 1. The Morgan fingerprint density at radius 3 is 2.36 bits per heavy atom. The molecule has 2 aromatic carbocycles. The second-order valence-corrected chi connectivity index (χ2v) is 9.49. The molecule has 0 unspecified atom stereocenters. The first-order chi connectivity index (χ1) is 17.4. The van der Waals surface area contributed by atoms with Crippen LogP contribution in [0.15, 0.2) is 48.5 Å². The second-order valence-electron chi connectivity index (χ2n) is 9.49. The van der Waals surface area contributed by atoms with Gasteiger partial charge < -0.3 is 15.0 Å². The van der Waals surface area contributed by atoms with Crippen molar-refractivity contribution in [2.75, 3.05) is 25.1 Å². The molecular formula is C28H32N6O2. The number of carbonyl (C=O) groups is 1. The molecule has 0 spiro atoms. The molecule has 1 saturated heterocycles. The summed E-state index contributed by atoms with van der Waals surface area (Å²) in [6.07, 6.45) is 1.55. The number of piperidine rings is 1. The van der Waals surface area contributed by atoms with Crippen LogP contribution < -0.4 is 15.0 Å². The largest absolute Gasteiger partial charge is 0.497 e. The van der Waals surface area contributed by atoms with Gasteiger partial charge in [0.05, 0.1) is 29.6 Å². The summed E-state index contributed by atoms with van der Waals surface area (Å²) in [7, 11) is 1.66. The fourth-order valence-corrected chi connectivity index (χ4v) is 4.89. The number of nitrogens with zero attached hydrogens (tertiary/aromatic N) is 5. The number of anilines is 1. The minimum atomic E-state index is -0.000751. The highest BCUT2D eigenvalue weighted by atomic mass is 16.5. The Bertz CT molecular complexity index is 1370. The molecule has 0 atom stereocenters. The van der Waals surface area contributed by atoms with E-state index in [1.54, 1.807) is 7.11 Å². The van der Waals surface area contributed by atoms with Gasteiger partial charge in [-0.25, -0.2) is 4.68 Å². The van der Waals surface area contributed by atoms with E-state index in [0.717, 1.165) is 71.0 Å². The van der Waals surface area contributed by atoms with Crippen LogP contribution in [0.3, 0.4) is 0 Å². The first kappa shape index (κ1) is 23.8. The zero-order valence-electron chi connectivity index (χ0n) is 21.3. The molecule has 3 heterocycles. The van der Waals surface area contributed by atoms with E-state index >= 15 is 0 Å². The van der Waals surface area contributed by atoms with E-state index in [1.807, 2.05) is 35.9 Å². The quantitative estimate of drug-likeness (QED) is 0.440. The van der Waals surface area contributed by atoms with Crippen molar-refractivity contribution >= 4 is 22.6 Å². The van der Waals surface area contributed by atoms with Crippen LogP contribution in [0.2, 0.25) is 0 Å². The third-order valence-electron chi connectivity index (χ3n) is 7.05. The monoisotopic (exact) mass is 484 g/mol. The number of hydrogen-bond acceptors (Lipinski definition) is 6. The van der Waals surface area contributed by atoms with Crippen molar-refractivity contribution < 1.29 is 9.53 Å². The summed E-state index contributed by atoms with van der Waals surface area (Å²) in [6.45, 7) is 8.13. The molecule has 0 saturated carbocycles. The van der Waals surface area contributed by atoms with Gasteiger partial charge in [-0.1, -0.05) is 29.8 Å². The van der Waals surface area contributed by atoms with Crippen LogP contribution in [0.25, 0.3) is 16.6 Å². The summed E-state index contributed by atoms with van der Waals surface area (Å²) in [4.78, 5) is 15.0. The highest BCUT2D eigenvalue weighted by molar-refractivity contribution is 5.92. The number of benzene rings is 2. The van der Waals surface area contributed by atoms with Gasteiger partial charge in [0, 0.05) is 25.6 Å². The van der Waals surface area contributed by atoms with Gasteiger partial charge >= 0.3 is 0 Å². The van der Waals surface area contributed by atoms with Crippen LogP contribution in [0.1, 0.15) is 35.4 Å². The van der Waals surface area contributed by atoms with Crippen LogP contribution >= 0.6 is 0 Å². The highest BCUT2D eigenvalue weighted by Gasteiger charge is 2.28. The Morgan fingerprint density at radius 1 is 1.00 bits per heavy atom. The molecule has 0 radical (unpaired) electrons. The van der Waals surface area contributed by atoms with E-state index in [2.05, 4.69) is 58.5 Å². The summed E-state index contributed by atoms with van der Waals surface area (Å²) < 4.78 is 7.23. The van der Waals surface area contributed by atoms with E-state index in [-0.39, 0.29) is 11.8 Å². The number of fused-ring (bicyclic) bond motifs is 1. The van der Waals surface area contributed by atoms with Crippen molar-refractivity contribution in [3.05, 3.63) is 71.0 Å². The van der Waals surface area contributed by atoms with E-state index in [1.165, 1.54) is 5.56 Å². The summed E-state index contributed by atoms with van der Waals surface area (Å²) in [5.74, 6) is 1.71. The molecule has 0 bridgehead atoms. The Balaban J connectivity index is 1.31. The number of carbonyl (C=O) groups excluding carboxylic acids is 1. The van der Waals surface area contributed by atoms with Gasteiger partial charge in [-0.3, -0.25) is 4.79 Å². The number of aryl methyl sites for hydroxylation is 3. The van der Waals surface area contributed by atoms with Crippen molar-refractivity contribution in [2.24, 2.45) is 5.92 Å². The Labute approximate surface area is 211 Å². The lowest BCUT2D eigenvalue weighted by Crippen LogP contribution is -2.40. The van der Waals surface area contributed by atoms with Crippen molar-refractivity contribution in [2.45, 2.75) is 40.2 Å².